The van der Waals surface area contributed by atoms with Crippen LogP contribution in [0.25, 0.3) is 11.3 Å². The minimum atomic E-state index is 0. The van der Waals surface area contributed by atoms with E-state index in [0.29, 0.717) is 17.3 Å². The highest BCUT2D eigenvalue weighted by Crippen LogP contribution is 2.41. The van der Waals surface area contributed by atoms with E-state index in [1.54, 1.807) is 18.3 Å². The van der Waals surface area contributed by atoms with Crippen molar-refractivity contribution in [1.82, 2.24) is 15.0 Å². The summed E-state index contributed by atoms with van der Waals surface area (Å²) in [5.74, 6) is 1.97. The third-order valence-corrected chi connectivity index (χ3v) is 4.25. The Kier molecular flexibility index (Phi) is 5.15. The molecule has 4 rings (SSSR count). The van der Waals surface area contributed by atoms with E-state index in [4.69, 9.17) is 10.2 Å². The third kappa shape index (κ3) is 3.98. The fourth-order valence-electron chi connectivity index (χ4n) is 2.73. The molecule has 5 nitrogen and oxygen atoms in total. The average molecular weight is 364 g/mol. The van der Waals surface area contributed by atoms with E-state index in [2.05, 4.69) is 33.5 Å². The van der Waals surface area contributed by atoms with Gasteiger partial charge in [0.15, 0.2) is 0 Å². The molecule has 0 saturated heterocycles. The van der Waals surface area contributed by atoms with Crippen molar-refractivity contribution in [1.29, 1.82) is 5.26 Å². The fraction of sp³-hybridized carbons (Fsp3) is 0.200. The molecule has 3 aromatic rings. The molecule has 0 bridgehead atoms. The van der Waals surface area contributed by atoms with Crippen LogP contribution in [-0.4, -0.2) is 15.0 Å². The molecule has 0 amide bonds. The molecule has 0 radical (unpaired) electrons. The summed E-state index contributed by atoms with van der Waals surface area (Å²) < 4.78 is 0. The Morgan fingerprint density at radius 2 is 1.92 bits per heavy atom. The predicted molar refractivity (Wildman–Crippen MR) is 104 cm³/mol. The molecule has 1 N–H and O–H groups in total. The van der Waals surface area contributed by atoms with Gasteiger partial charge in [0.2, 0.25) is 0 Å². The molecular weight excluding hydrogens is 346 g/mol. The SMILES string of the molecule is Cc1ccc(-c2cc(C3CC3)cc(Nc3cc(C#N)ccn3)n2)cn1.Cl. The van der Waals surface area contributed by atoms with Crippen LogP contribution in [-0.2, 0) is 0 Å². The van der Waals surface area contributed by atoms with Gasteiger partial charge in [-0.2, -0.15) is 5.26 Å². The third-order valence-electron chi connectivity index (χ3n) is 4.25. The molecule has 0 unspecified atom stereocenters. The zero-order valence-corrected chi connectivity index (χ0v) is 15.1. The normalized spacial score (nSPS) is 12.8. The smallest absolute Gasteiger partial charge is 0.132 e. The van der Waals surface area contributed by atoms with E-state index in [-0.39, 0.29) is 12.4 Å². The average Bonchev–Trinajstić information content (AvgIpc) is 3.47. The Hall–Kier alpha value is -2.97. The number of nitriles is 1. The van der Waals surface area contributed by atoms with Gasteiger partial charge in [0, 0.05) is 23.7 Å². The highest BCUT2D eigenvalue weighted by molar-refractivity contribution is 5.85. The van der Waals surface area contributed by atoms with Gasteiger partial charge in [-0.25, -0.2) is 9.97 Å². The maximum absolute atomic E-state index is 9.04. The van der Waals surface area contributed by atoms with Crippen molar-refractivity contribution in [2.75, 3.05) is 5.32 Å². The van der Waals surface area contributed by atoms with E-state index in [0.717, 1.165) is 22.8 Å². The lowest BCUT2D eigenvalue weighted by Crippen LogP contribution is -1.99. The summed E-state index contributed by atoms with van der Waals surface area (Å²) in [5.41, 5.74) is 4.73. The van der Waals surface area contributed by atoms with Crippen molar-refractivity contribution in [3.05, 3.63) is 65.6 Å². The first-order valence-electron chi connectivity index (χ1n) is 8.29. The van der Waals surface area contributed by atoms with Crippen molar-refractivity contribution in [2.24, 2.45) is 0 Å². The van der Waals surface area contributed by atoms with Gasteiger partial charge >= 0.3 is 0 Å². The second-order valence-electron chi connectivity index (χ2n) is 6.30. The van der Waals surface area contributed by atoms with Crippen LogP contribution in [0, 0.1) is 18.3 Å². The van der Waals surface area contributed by atoms with E-state index < -0.39 is 0 Å². The number of rotatable bonds is 4. The molecular formula is C20H18ClN5. The largest absolute Gasteiger partial charge is 0.325 e. The number of hydrogen-bond donors (Lipinski definition) is 1. The second-order valence-corrected chi connectivity index (χ2v) is 6.30. The second kappa shape index (κ2) is 7.51. The summed E-state index contributed by atoms with van der Waals surface area (Å²) in [6.07, 6.45) is 5.91. The van der Waals surface area contributed by atoms with Crippen LogP contribution in [0.5, 0.6) is 0 Å². The summed E-state index contributed by atoms with van der Waals surface area (Å²) in [6.45, 7) is 1.97. The van der Waals surface area contributed by atoms with Gasteiger partial charge in [-0.3, -0.25) is 4.98 Å². The Bertz CT molecular complexity index is 959. The lowest BCUT2D eigenvalue weighted by molar-refractivity contribution is 1.11. The summed E-state index contributed by atoms with van der Waals surface area (Å²) in [7, 11) is 0. The zero-order chi connectivity index (χ0) is 17.2. The first-order chi connectivity index (χ1) is 12.2. The predicted octanol–water partition coefficient (Wildman–Crippen LogP) is 4.76. The van der Waals surface area contributed by atoms with Crippen LogP contribution < -0.4 is 5.32 Å². The molecule has 0 spiro atoms. The lowest BCUT2D eigenvalue weighted by Gasteiger charge is -2.10. The number of nitrogens with one attached hydrogen (secondary N) is 1. The maximum Gasteiger partial charge on any atom is 0.132 e. The molecule has 0 aliphatic heterocycles. The Labute approximate surface area is 158 Å². The molecule has 1 fully saturated rings. The minimum Gasteiger partial charge on any atom is -0.325 e. The first-order valence-corrected chi connectivity index (χ1v) is 8.29. The van der Waals surface area contributed by atoms with Gasteiger partial charge < -0.3 is 5.32 Å². The Morgan fingerprint density at radius 3 is 2.62 bits per heavy atom. The molecule has 1 saturated carbocycles. The molecule has 0 aromatic carbocycles. The van der Waals surface area contributed by atoms with Crippen molar-refractivity contribution in [3.8, 4) is 17.3 Å². The molecule has 0 atom stereocenters. The van der Waals surface area contributed by atoms with Gasteiger partial charge in [0.25, 0.3) is 0 Å². The molecule has 130 valence electrons. The van der Waals surface area contributed by atoms with E-state index in [1.807, 2.05) is 25.3 Å². The fourth-order valence-corrected chi connectivity index (χ4v) is 2.73. The van der Waals surface area contributed by atoms with E-state index >= 15 is 0 Å². The number of nitrogens with zero attached hydrogens (tertiary/aromatic N) is 4. The maximum atomic E-state index is 9.04. The van der Waals surface area contributed by atoms with Crippen LogP contribution >= 0.6 is 12.4 Å². The number of anilines is 2. The minimum absolute atomic E-state index is 0. The van der Waals surface area contributed by atoms with Crippen LogP contribution in [0.15, 0.2) is 48.8 Å². The highest BCUT2D eigenvalue weighted by Gasteiger charge is 2.25. The van der Waals surface area contributed by atoms with Crippen molar-refractivity contribution >= 4 is 24.0 Å². The zero-order valence-electron chi connectivity index (χ0n) is 14.3. The number of pyridine rings is 3. The van der Waals surface area contributed by atoms with Crippen LogP contribution in [0.4, 0.5) is 11.6 Å². The van der Waals surface area contributed by atoms with Crippen LogP contribution in [0.1, 0.15) is 35.6 Å². The van der Waals surface area contributed by atoms with Gasteiger partial charge in [0.1, 0.15) is 11.6 Å². The molecule has 6 heteroatoms. The summed E-state index contributed by atoms with van der Waals surface area (Å²) in [4.78, 5) is 13.4. The van der Waals surface area contributed by atoms with E-state index in [9.17, 15) is 0 Å². The topological polar surface area (TPSA) is 74.5 Å². The van der Waals surface area contributed by atoms with Gasteiger partial charge in [-0.1, -0.05) is 0 Å². The molecule has 1 aliphatic carbocycles. The number of aromatic nitrogens is 3. The summed E-state index contributed by atoms with van der Waals surface area (Å²) in [6, 6.07) is 13.8. The molecule has 26 heavy (non-hydrogen) atoms. The molecule has 3 aromatic heterocycles. The lowest BCUT2D eigenvalue weighted by atomic mass is 10.1. The standard InChI is InChI=1S/C20H17N5.ClH/c1-13-2-3-16(12-23-13)18-9-17(15-4-5-15)10-20(24-18)25-19-8-14(11-21)6-7-22-19;/h2-3,6-10,12,15H,4-5H2,1H3,(H,22,24,25);1H. The van der Waals surface area contributed by atoms with Crippen molar-refractivity contribution in [3.63, 3.8) is 0 Å². The van der Waals surface area contributed by atoms with Crippen molar-refractivity contribution < 1.29 is 0 Å². The van der Waals surface area contributed by atoms with E-state index in [1.165, 1.54) is 18.4 Å². The number of hydrogen-bond acceptors (Lipinski definition) is 5. The van der Waals surface area contributed by atoms with Crippen LogP contribution in [0.3, 0.4) is 0 Å². The van der Waals surface area contributed by atoms with Gasteiger partial charge in [-0.15, -0.1) is 12.4 Å². The number of aryl methyl sites for hydroxylation is 1. The monoisotopic (exact) mass is 363 g/mol. The van der Waals surface area contributed by atoms with Gasteiger partial charge in [0.05, 0.1) is 17.3 Å². The Morgan fingerprint density at radius 1 is 1.08 bits per heavy atom. The van der Waals surface area contributed by atoms with Gasteiger partial charge in [-0.05, 0) is 67.6 Å². The quantitative estimate of drug-likeness (QED) is 0.723. The van der Waals surface area contributed by atoms with Crippen molar-refractivity contribution in [2.45, 2.75) is 25.7 Å². The summed E-state index contributed by atoms with van der Waals surface area (Å²) in [5, 5.41) is 12.3. The Balaban J connectivity index is 0.00000196. The van der Waals surface area contributed by atoms with Crippen LogP contribution in [0.2, 0.25) is 0 Å². The first kappa shape index (κ1) is 17.8. The number of halogens is 1. The summed E-state index contributed by atoms with van der Waals surface area (Å²) >= 11 is 0. The molecule has 1 aliphatic rings. The molecule has 3 heterocycles. The highest BCUT2D eigenvalue weighted by atomic mass is 35.5.